The fourth-order valence-corrected chi connectivity index (χ4v) is 3.03. The number of hydrogen-bond acceptors (Lipinski definition) is 2. The van der Waals surface area contributed by atoms with Crippen LogP contribution in [0.25, 0.3) is 0 Å². The quantitative estimate of drug-likeness (QED) is 0.688. The fraction of sp³-hybridized carbons (Fsp3) is 0.875. The van der Waals surface area contributed by atoms with E-state index in [1.807, 2.05) is 13.8 Å². The van der Waals surface area contributed by atoms with Crippen molar-refractivity contribution in [2.75, 3.05) is 6.54 Å². The number of amides is 1. The third-order valence-electron chi connectivity index (χ3n) is 4.36. The Hall–Kier alpha value is -1.04. The lowest BCUT2D eigenvalue weighted by Crippen LogP contribution is -2.42. The molecule has 1 fully saturated rings. The first-order valence-electron chi connectivity index (χ1n) is 7.77. The molecule has 1 saturated carbocycles. The van der Waals surface area contributed by atoms with Crippen molar-refractivity contribution in [2.45, 2.75) is 72.1 Å². The van der Waals surface area contributed by atoms with Crippen LogP contribution in [0.3, 0.4) is 0 Å². The molecule has 19 heavy (non-hydrogen) atoms. The molecule has 0 saturated heterocycles. The fourth-order valence-electron chi connectivity index (χ4n) is 3.03. The highest BCUT2D eigenvalue weighted by Gasteiger charge is 2.43. The zero-order valence-corrected chi connectivity index (χ0v) is 12.7. The minimum absolute atomic E-state index is 0.0407. The first-order chi connectivity index (χ1) is 9.08. The number of carbonyl (C=O) groups excluding carboxylic acids is 1. The van der Waals surface area contributed by atoms with Crippen molar-refractivity contribution in [3.8, 4) is 6.07 Å². The summed E-state index contributed by atoms with van der Waals surface area (Å²) in [6.07, 6.45) is 7.90. The standard InChI is InChI=1S/C16H28N2O/c1-4-7-15(10-11-15)13-18-14(19)16(12-17,8-5-2)9-6-3/h4-11,13H2,1-3H3,(H,18,19). The second-order valence-electron chi connectivity index (χ2n) is 6.13. The van der Waals surface area contributed by atoms with Gasteiger partial charge in [-0.25, -0.2) is 0 Å². The molecule has 108 valence electrons. The molecule has 0 atom stereocenters. The van der Waals surface area contributed by atoms with E-state index in [0.717, 1.165) is 19.4 Å². The van der Waals surface area contributed by atoms with Gasteiger partial charge in [-0.05, 0) is 37.5 Å². The van der Waals surface area contributed by atoms with Crippen LogP contribution in [0.15, 0.2) is 0 Å². The molecule has 1 amide bonds. The number of nitrogens with zero attached hydrogens (tertiary/aromatic N) is 1. The number of hydrogen-bond donors (Lipinski definition) is 1. The highest BCUT2D eigenvalue weighted by Crippen LogP contribution is 2.49. The molecule has 3 nitrogen and oxygen atoms in total. The first-order valence-corrected chi connectivity index (χ1v) is 7.77. The van der Waals surface area contributed by atoms with Gasteiger partial charge < -0.3 is 5.32 Å². The van der Waals surface area contributed by atoms with Crippen LogP contribution in [-0.2, 0) is 4.79 Å². The maximum absolute atomic E-state index is 12.4. The van der Waals surface area contributed by atoms with Crippen LogP contribution in [0, 0.1) is 22.2 Å². The molecule has 1 aliphatic carbocycles. The van der Waals surface area contributed by atoms with Crippen molar-refractivity contribution in [2.24, 2.45) is 10.8 Å². The van der Waals surface area contributed by atoms with Crippen molar-refractivity contribution in [3.63, 3.8) is 0 Å². The molecule has 0 aromatic carbocycles. The van der Waals surface area contributed by atoms with Crippen LogP contribution in [-0.4, -0.2) is 12.5 Å². The summed E-state index contributed by atoms with van der Waals surface area (Å²) in [4.78, 5) is 12.4. The van der Waals surface area contributed by atoms with E-state index in [9.17, 15) is 10.1 Å². The predicted octanol–water partition coefficient (Wildman–Crippen LogP) is 3.79. The lowest BCUT2D eigenvalue weighted by molar-refractivity contribution is -0.129. The van der Waals surface area contributed by atoms with Crippen LogP contribution in [0.5, 0.6) is 0 Å². The van der Waals surface area contributed by atoms with E-state index in [1.54, 1.807) is 0 Å². The Morgan fingerprint density at radius 3 is 2.16 bits per heavy atom. The number of nitriles is 1. The van der Waals surface area contributed by atoms with E-state index in [-0.39, 0.29) is 5.91 Å². The van der Waals surface area contributed by atoms with Crippen LogP contribution >= 0.6 is 0 Å². The molecule has 1 N–H and O–H groups in total. The van der Waals surface area contributed by atoms with Crippen molar-refractivity contribution in [3.05, 3.63) is 0 Å². The van der Waals surface area contributed by atoms with Gasteiger partial charge in [0, 0.05) is 6.54 Å². The highest BCUT2D eigenvalue weighted by atomic mass is 16.2. The molecule has 0 aromatic rings. The maximum atomic E-state index is 12.4. The Labute approximate surface area is 117 Å². The number of carbonyl (C=O) groups is 1. The van der Waals surface area contributed by atoms with Crippen LogP contribution in [0.2, 0.25) is 0 Å². The lowest BCUT2D eigenvalue weighted by Gasteiger charge is -2.26. The smallest absolute Gasteiger partial charge is 0.240 e. The molecule has 0 radical (unpaired) electrons. The molecule has 0 heterocycles. The van der Waals surface area contributed by atoms with Crippen LogP contribution < -0.4 is 5.32 Å². The maximum Gasteiger partial charge on any atom is 0.240 e. The van der Waals surface area contributed by atoms with E-state index in [4.69, 9.17) is 0 Å². The summed E-state index contributed by atoms with van der Waals surface area (Å²) >= 11 is 0. The van der Waals surface area contributed by atoms with Gasteiger partial charge in [0.25, 0.3) is 0 Å². The minimum atomic E-state index is -0.800. The van der Waals surface area contributed by atoms with Gasteiger partial charge in [-0.3, -0.25) is 4.79 Å². The molecular formula is C16H28N2O. The van der Waals surface area contributed by atoms with Crippen molar-refractivity contribution in [1.82, 2.24) is 5.32 Å². The summed E-state index contributed by atoms with van der Waals surface area (Å²) < 4.78 is 0. The molecule has 3 heteroatoms. The molecule has 1 aliphatic rings. The molecule has 0 aromatic heterocycles. The minimum Gasteiger partial charge on any atom is -0.354 e. The van der Waals surface area contributed by atoms with Crippen molar-refractivity contribution >= 4 is 5.91 Å². The summed E-state index contributed by atoms with van der Waals surface area (Å²) in [5, 5.41) is 12.5. The topological polar surface area (TPSA) is 52.9 Å². The first kappa shape index (κ1) is 16.0. The van der Waals surface area contributed by atoms with Gasteiger partial charge in [0.1, 0.15) is 5.41 Å². The van der Waals surface area contributed by atoms with Gasteiger partial charge in [-0.1, -0.05) is 40.0 Å². The summed E-state index contributed by atoms with van der Waals surface area (Å²) in [6.45, 7) is 7.02. The molecule has 0 spiro atoms. The highest BCUT2D eigenvalue weighted by molar-refractivity contribution is 5.85. The Balaban J connectivity index is 2.60. The second kappa shape index (κ2) is 6.93. The normalized spacial score (nSPS) is 16.7. The largest absolute Gasteiger partial charge is 0.354 e. The molecule has 1 rings (SSSR count). The molecule has 0 aliphatic heterocycles. The Kier molecular flexibility index (Phi) is 5.85. The predicted molar refractivity (Wildman–Crippen MR) is 77.4 cm³/mol. The van der Waals surface area contributed by atoms with E-state index in [0.29, 0.717) is 18.3 Å². The average Bonchev–Trinajstić information content (AvgIpc) is 3.16. The van der Waals surface area contributed by atoms with Crippen molar-refractivity contribution < 1.29 is 4.79 Å². The number of rotatable bonds is 9. The van der Waals surface area contributed by atoms with E-state index >= 15 is 0 Å². The molecule has 0 unspecified atom stereocenters. The number of nitrogens with one attached hydrogen (secondary N) is 1. The average molecular weight is 264 g/mol. The third kappa shape index (κ3) is 3.96. The Morgan fingerprint density at radius 1 is 1.21 bits per heavy atom. The molecule has 0 bridgehead atoms. The summed E-state index contributed by atoms with van der Waals surface area (Å²) in [5.41, 5.74) is -0.449. The summed E-state index contributed by atoms with van der Waals surface area (Å²) in [6, 6.07) is 2.29. The van der Waals surface area contributed by atoms with Gasteiger partial charge in [0.2, 0.25) is 5.91 Å². The summed E-state index contributed by atoms with van der Waals surface area (Å²) in [7, 11) is 0. The van der Waals surface area contributed by atoms with Crippen LogP contribution in [0.1, 0.15) is 72.1 Å². The SMILES string of the molecule is CCCC1(CNC(=O)C(C#N)(CCC)CCC)CC1. The van der Waals surface area contributed by atoms with Gasteiger partial charge in [-0.2, -0.15) is 5.26 Å². The Bertz CT molecular complexity index is 333. The third-order valence-corrected chi connectivity index (χ3v) is 4.36. The van der Waals surface area contributed by atoms with Gasteiger partial charge >= 0.3 is 0 Å². The van der Waals surface area contributed by atoms with E-state index < -0.39 is 5.41 Å². The second-order valence-corrected chi connectivity index (χ2v) is 6.13. The van der Waals surface area contributed by atoms with Gasteiger partial charge in [-0.15, -0.1) is 0 Å². The van der Waals surface area contributed by atoms with E-state index in [1.165, 1.54) is 25.7 Å². The van der Waals surface area contributed by atoms with Gasteiger partial charge in [0.15, 0.2) is 0 Å². The lowest BCUT2D eigenvalue weighted by atomic mass is 9.79. The van der Waals surface area contributed by atoms with Crippen LogP contribution in [0.4, 0.5) is 0 Å². The van der Waals surface area contributed by atoms with E-state index in [2.05, 4.69) is 18.3 Å². The zero-order valence-electron chi connectivity index (χ0n) is 12.7. The summed E-state index contributed by atoms with van der Waals surface area (Å²) in [5.74, 6) is -0.0407. The monoisotopic (exact) mass is 264 g/mol. The molecular weight excluding hydrogens is 236 g/mol. The van der Waals surface area contributed by atoms with Gasteiger partial charge in [0.05, 0.1) is 6.07 Å². The zero-order chi connectivity index (χ0) is 14.4. The Morgan fingerprint density at radius 2 is 1.79 bits per heavy atom. The van der Waals surface area contributed by atoms with Crippen molar-refractivity contribution in [1.29, 1.82) is 5.26 Å².